The Morgan fingerprint density at radius 1 is 1.21 bits per heavy atom. The largest absolute Gasteiger partial charge is 0.481 e. The van der Waals surface area contributed by atoms with Crippen LogP contribution in [-0.2, 0) is 11.3 Å². The molecule has 1 atom stereocenters. The molecule has 1 heterocycles. The standard InChI is InChI=1S/C17H21N3O4/c18-16(24)19-10-11-1-3-12(4-2-11)14(21)20-7-5-17(6-8-20)9-13(17)15(22)23/h1-4,13H,5-10H2,(H,22,23)(H3,18,19,24). The lowest BCUT2D eigenvalue weighted by Crippen LogP contribution is -2.40. The Bertz CT molecular complexity index is 663. The van der Waals surface area contributed by atoms with Gasteiger partial charge in [-0.2, -0.15) is 0 Å². The summed E-state index contributed by atoms with van der Waals surface area (Å²) < 4.78 is 0. The number of piperidine rings is 1. The number of carboxylic acids is 1. The van der Waals surface area contributed by atoms with Crippen LogP contribution in [0.3, 0.4) is 0 Å². The van der Waals surface area contributed by atoms with Crippen molar-refractivity contribution in [1.82, 2.24) is 10.2 Å². The number of nitrogens with zero attached hydrogens (tertiary/aromatic N) is 1. The van der Waals surface area contributed by atoms with Gasteiger partial charge in [0.1, 0.15) is 0 Å². The van der Waals surface area contributed by atoms with Crippen LogP contribution in [0.5, 0.6) is 0 Å². The van der Waals surface area contributed by atoms with E-state index in [1.807, 2.05) is 0 Å². The molecule has 24 heavy (non-hydrogen) atoms. The molecule has 1 unspecified atom stereocenters. The van der Waals surface area contributed by atoms with Gasteiger partial charge in [0, 0.05) is 25.2 Å². The number of carboxylic acid groups (broad SMARTS) is 1. The molecule has 1 spiro atoms. The minimum atomic E-state index is -0.713. The molecule has 2 aliphatic rings. The third-order valence-corrected chi connectivity index (χ3v) is 5.20. The average Bonchev–Trinajstić information content (AvgIpc) is 3.27. The van der Waals surface area contributed by atoms with Crippen LogP contribution in [-0.4, -0.2) is 41.0 Å². The van der Waals surface area contributed by atoms with Gasteiger partial charge < -0.3 is 21.1 Å². The average molecular weight is 331 g/mol. The number of nitrogens with one attached hydrogen (secondary N) is 1. The Morgan fingerprint density at radius 3 is 2.33 bits per heavy atom. The van der Waals surface area contributed by atoms with Crippen molar-refractivity contribution in [2.75, 3.05) is 13.1 Å². The van der Waals surface area contributed by atoms with Crippen molar-refractivity contribution in [2.24, 2.45) is 17.1 Å². The predicted octanol–water partition coefficient (Wildman–Crippen LogP) is 1.18. The van der Waals surface area contributed by atoms with E-state index in [0.717, 1.165) is 24.8 Å². The second-order valence-electron chi connectivity index (χ2n) is 6.66. The van der Waals surface area contributed by atoms with Crippen molar-refractivity contribution >= 4 is 17.9 Å². The Labute approximate surface area is 139 Å². The molecule has 2 fully saturated rings. The number of benzene rings is 1. The van der Waals surface area contributed by atoms with E-state index in [1.165, 1.54) is 0 Å². The minimum Gasteiger partial charge on any atom is -0.481 e. The number of carbonyl (C=O) groups is 3. The van der Waals surface area contributed by atoms with Gasteiger partial charge in [0.2, 0.25) is 0 Å². The molecule has 4 N–H and O–H groups in total. The molecule has 1 aromatic rings. The molecule has 0 radical (unpaired) electrons. The van der Waals surface area contributed by atoms with Gasteiger partial charge in [-0.05, 0) is 42.4 Å². The molecule has 1 aromatic carbocycles. The summed E-state index contributed by atoms with van der Waals surface area (Å²) in [6, 6.07) is 6.47. The number of carbonyl (C=O) groups excluding carboxylic acids is 2. The number of primary amides is 1. The highest BCUT2D eigenvalue weighted by Crippen LogP contribution is 2.59. The molecule has 7 heteroatoms. The summed E-state index contributed by atoms with van der Waals surface area (Å²) in [4.78, 5) is 36.1. The van der Waals surface area contributed by atoms with E-state index in [-0.39, 0.29) is 17.2 Å². The summed E-state index contributed by atoms with van der Waals surface area (Å²) >= 11 is 0. The van der Waals surface area contributed by atoms with Crippen molar-refractivity contribution < 1.29 is 19.5 Å². The molecule has 1 saturated carbocycles. The first-order chi connectivity index (χ1) is 11.4. The SMILES string of the molecule is NC(=O)NCc1ccc(C(=O)N2CCC3(CC2)CC3C(=O)O)cc1. The van der Waals surface area contributed by atoms with E-state index in [9.17, 15) is 14.4 Å². The van der Waals surface area contributed by atoms with Gasteiger partial charge in [-0.1, -0.05) is 12.1 Å². The predicted molar refractivity (Wildman–Crippen MR) is 86.2 cm³/mol. The highest BCUT2D eigenvalue weighted by molar-refractivity contribution is 5.94. The van der Waals surface area contributed by atoms with Gasteiger partial charge >= 0.3 is 12.0 Å². The Morgan fingerprint density at radius 2 is 1.83 bits per heavy atom. The zero-order valence-electron chi connectivity index (χ0n) is 13.3. The first-order valence-electron chi connectivity index (χ1n) is 8.06. The van der Waals surface area contributed by atoms with Crippen molar-refractivity contribution in [1.29, 1.82) is 0 Å². The first kappa shape index (κ1) is 16.3. The molecule has 0 bridgehead atoms. The lowest BCUT2D eigenvalue weighted by atomic mass is 9.90. The highest BCUT2D eigenvalue weighted by Gasteiger charge is 2.59. The quantitative estimate of drug-likeness (QED) is 0.769. The fourth-order valence-corrected chi connectivity index (χ4v) is 3.54. The molecule has 0 aromatic heterocycles. The second-order valence-corrected chi connectivity index (χ2v) is 6.66. The molecular weight excluding hydrogens is 310 g/mol. The zero-order valence-corrected chi connectivity index (χ0v) is 13.3. The zero-order chi connectivity index (χ0) is 17.3. The normalized spacial score (nSPS) is 21.3. The fraction of sp³-hybridized carbons (Fsp3) is 0.471. The third kappa shape index (κ3) is 3.20. The number of hydrogen-bond donors (Lipinski definition) is 3. The summed E-state index contributed by atoms with van der Waals surface area (Å²) in [6.45, 7) is 1.54. The van der Waals surface area contributed by atoms with Crippen LogP contribution >= 0.6 is 0 Å². The lowest BCUT2D eigenvalue weighted by Gasteiger charge is -2.32. The fourth-order valence-electron chi connectivity index (χ4n) is 3.54. The number of amides is 3. The van der Waals surface area contributed by atoms with Gasteiger partial charge in [0.15, 0.2) is 0 Å². The molecule has 7 nitrogen and oxygen atoms in total. The summed E-state index contributed by atoms with van der Waals surface area (Å²) in [5.74, 6) is -0.978. The molecule has 3 amide bonds. The number of rotatable bonds is 4. The van der Waals surface area contributed by atoms with Gasteiger partial charge in [-0.15, -0.1) is 0 Å². The number of likely N-dealkylation sites (tertiary alicyclic amines) is 1. The second kappa shape index (κ2) is 6.14. The van der Waals surface area contributed by atoms with E-state index in [4.69, 9.17) is 10.8 Å². The number of urea groups is 1. The number of aliphatic carboxylic acids is 1. The summed E-state index contributed by atoms with van der Waals surface area (Å²) in [6.07, 6.45) is 2.26. The van der Waals surface area contributed by atoms with Crippen molar-refractivity contribution in [3.63, 3.8) is 0 Å². The van der Waals surface area contributed by atoms with E-state index in [1.54, 1.807) is 29.2 Å². The lowest BCUT2D eigenvalue weighted by molar-refractivity contribution is -0.139. The van der Waals surface area contributed by atoms with Crippen molar-refractivity contribution in [2.45, 2.75) is 25.8 Å². The summed E-state index contributed by atoms with van der Waals surface area (Å²) in [5.41, 5.74) is 6.41. The molecular formula is C17H21N3O4. The molecule has 128 valence electrons. The van der Waals surface area contributed by atoms with E-state index < -0.39 is 12.0 Å². The topological polar surface area (TPSA) is 113 Å². The summed E-state index contributed by atoms with van der Waals surface area (Å²) in [5, 5.41) is 11.6. The Kier molecular flexibility index (Phi) is 4.17. The maximum absolute atomic E-state index is 12.5. The maximum Gasteiger partial charge on any atom is 0.312 e. The van der Waals surface area contributed by atoms with Gasteiger partial charge in [-0.25, -0.2) is 4.79 Å². The van der Waals surface area contributed by atoms with E-state index in [0.29, 0.717) is 25.2 Å². The Balaban J connectivity index is 1.56. The first-order valence-corrected chi connectivity index (χ1v) is 8.06. The van der Waals surface area contributed by atoms with Gasteiger partial charge in [-0.3, -0.25) is 9.59 Å². The van der Waals surface area contributed by atoms with Gasteiger partial charge in [0.05, 0.1) is 5.92 Å². The molecule has 1 aliphatic carbocycles. The Hall–Kier alpha value is -2.57. The van der Waals surface area contributed by atoms with Crippen molar-refractivity contribution in [3.8, 4) is 0 Å². The van der Waals surface area contributed by atoms with Crippen LogP contribution in [0.15, 0.2) is 24.3 Å². The van der Waals surface area contributed by atoms with Crippen molar-refractivity contribution in [3.05, 3.63) is 35.4 Å². The number of nitrogens with two attached hydrogens (primary N) is 1. The smallest absolute Gasteiger partial charge is 0.312 e. The van der Waals surface area contributed by atoms with E-state index >= 15 is 0 Å². The van der Waals surface area contributed by atoms with Crippen LogP contribution in [0.25, 0.3) is 0 Å². The van der Waals surface area contributed by atoms with Crippen LogP contribution in [0.2, 0.25) is 0 Å². The minimum absolute atomic E-state index is 0.0354. The van der Waals surface area contributed by atoms with E-state index in [2.05, 4.69) is 5.32 Å². The van der Waals surface area contributed by atoms with Crippen LogP contribution in [0.4, 0.5) is 4.79 Å². The molecule has 1 aliphatic heterocycles. The number of hydrogen-bond acceptors (Lipinski definition) is 3. The maximum atomic E-state index is 12.5. The summed E-state index contributed by atoms with van der Waals surface area (Å²) in [7, 11) is 0. The third-order valence-electron chi connectivity index (χ3n) is 5.20. The van der Waals surface area contributed by atoms with Crippen LogP contribution in [0, 0.1) is 11.3 Å². The molecule has 1 saturated heterocycles. The van der Waals surface area contributed by atoms with Crippen LogP contribution in [0.1, 0.15) is 35.2 Å². The van der Waals surface area contributed by atoms with Gasteiger partial charge in [0.25, 0.3) is 5.91 Å². The molecule has 3 rings (SSSR count). The van der Waals surface area contributed by atoms with Crippen LogP contribution < -0.4 is 11.1 Å². The highest BCUT2D eigenvalue weighted by atomic mass is 16.4. The monoisotopic (exact) mass is 331 g/mol.